The molecular formula is C25H27N5O4. The van der Waals surface area contributed by atoms with Crippen LogP contribution in [0.3, 0.4) is 0 Å². The molecule has 176 valence electrons. The van der Waals surface area contributed by atoms with Crippen molar-refractivity contribution in [1.82, 2.24) is 15.2 Å². The molecule has 1 spiro atoms. The summed E-state index contributed by atoms with van der Waals surface area (Å²) in [5.41, 5.74) is 7.12. The first-order chi connectivity index (χ1) is 16.5. The van der Waals surface area contributed by atoms with Crippen LogP contribution >= 0.6 is 0 Å². The molecule has 34 heavy (non-hydrogen) atoms. The van der Waals surface area contributed by atoms with Crippen LogP contribution in [0.4, 0.5) is 5.69 Å². The maximum absolute atomic E-state index is 12.9. The summed E-state index contributed by atoms with van der Waals surface area (Å²) in [7, 11) is 0. The molecule has 4 N–H and O–H groups in total. The van der Waals surface area contributed by atoms with Crippen molar-refractivity contribution in [3.8, 4) is 11.5 Å². The number of likely N-dealkylation sites (tertiary alicyclic amines) is 1. The van der Waals surface area contributed by atoms with E-state index in [2.05, 4.69) is 32.2 Å². The first-order valence-corrected chi connectivity index (χ1v) is 11.6. The molecule has 2 amide bonds. The molecule has 2 fully saturated rings. The van der Waals surface area contributed by atoms with Crippen molar-refractivity contribution in [2.75, 3.05) is 37.8 Å². The number of para-hydroxylation sites is 1. The molecule has 2 aromatic carbocycles. The lowest BCUT2D eigenvalue weighted by atomic mass is 9.85. The summed E-state index contributed by atoms with van der Waals surface area (Å²) < 4.78 is 12.3. The summed E-state index contributed by atoms with van der Waals surface area (Å²) in [6.07, 6.45) is 1.35. The van der Waals surface area contributed by atoms with Crippen LogP contribution in [-0.2, 0) is 4.79 Å². The van der Waals surface area contributed by atoms with Crippen LogP contribution in [0, 0.1) is 0 Å². The Morgan fingerprint density at radius 2 is 1.94 bits per heavy atom. The number of nitrogens with zero attached hydrogens (tertiary/aromatic N) is 2. The average Bonchev–Trinajstić information content (AvgIpc) is 3.43. The molecule has 2 saturated heterocycles. The first-order valence-electron chi connectivity index (χ1n) is 11.6. The number of carbonyl (C=O) groups excluding carboxylic acids is 2. The minimum Gasteiger partial charge on any atom is -0.486 e. The van der Waals surface area contributed by atoms with Gasteiger partial charge in [-0.1, -0.05) is 18.2 Å². The van der Waals surface area contributed by atoms with Gasteiger partial charge in [0.1, 0.15) is 23.9 Å². The molecule has 4 heterocycles. The van der Waals surface area contributed by atoms with Gasteiger partial charge in [0.05, 0.1) is 12.2 Å². The number of carbonyl (C=O) groups is 2. The topological polar surface area (TPSA) is 113 Å². The van der Waals surface area contributed by atoms with Gasteiger partial charge < -0.3 is 30.4 Å². The molecular weight excluding hydrogens is 434 g/mol. The maximum atomic E-state index is 12.9. The number of hydrogen-bond acceptors (Lipinski definition) is 6. The Kier molecular flexibility index (Phi) is 4.88. The number of aromatic nitrogens is 1. The molecule has 9 heteroatoms. The Balaban J connectivity index is 1.15. The quantitative estimate of drug-likeness (QED) is 0.547. The number of amides is 2. The number of piperidine rings is 1. The van der Waals surface area contributed by atoms with Crippen LogP contribution in [0.2, 0.25) is 0 Å². The molecule has 1 unspecified atom stereocenters. The number of aromatic amines is 1. The predicted molar refractivity (Wildman–Crippen MR) is 127 cm³/mol. The smallest absolute Gasteiger partial charge is 0.265 e. The lowest BCUT2D eigenvalue weighted by molar-refractivity contribution is -0.125. The summed E-state index contributed by atoms with van der Waals surface area (Å²) in [4.78, 5) is 32.1. The van der Waals surface area contributed by atoms with Crippen molar-refractivity contribution in [3.05, 3.63) is 54.2 Å². The van der Waals surface area contributed by atoms with E-state index >= 15 is 0 Å². The molecule has 3 aliphatic heterocycles. The van der Waals surface area contributed by atoms with Crippen molar-refractivity contribution in [2.45, 2.75) is 24.5 Å². The Morgan fingerprint density at radius 1 is 1.15 bits per heavy atom. The van der Waals surface area contributed by atoms with Crippen LogP contribution in [0.15, 0.2) is 48.5 Å². The van der Waals surface area contributed by atoms with Crippen molar-refractivity contribution >= 4 is 28.4 Å². The summed E-state index contributed by atoms with van der Waals surface area (Å²) in [5.74, 6) is 0.900. The number of ether oxygens (including phenoxy) is 2. The van der Waals surface area contributed by atoms with E-state index in [4.69, 9.17) is 15.2 Å². The van der Waals surface area contributed by atoms with E-state index < -0.39 is 11.4 Å². The van der Waals surface area contributed by atoms with Gasteiger partial charge in [-0.3, -0.25) is 14.5 Å². The van der Waals surface area contributed by atoms with E-state index in [0.717, 1.165) is 42.5 Å². The van der Waals surface area contributed by atoms with E-state index in [1.54, 1.807) is 6.07 Å². The highest BCUT2D eigenvalue weighted by molar-refractivity contribution is 5.99. The van der Waals surface area contributed by atoms with Crippen LogP contribution in [0.5, 0.6) is 11.5 Å². The largest absolute Gasteiger partial charge is 0.486 e. The molecule has 0 bridgehead atoms. The number of anilines is 1. The third kappa shape index (κ3) is 3.35. The highest BCUT2D eigenvalue weighted by Crippen LogP contribution is 2.40. The van der Waals surface area contributed by atoms with Crippen molar-refractivity contribution in [2.24, 2.45) is 5.73 Å². The Hall–Kier alpha value is -3.72. The zero-order chi connectivity index (χ0) is 23.3. The molecule has 3 aliphatic rings. The van der Waals surface area contributed by atoms with Crippen LogP contribution in [0.1, 0.15) is 23.3 Å². The Bertz CT molecular complexity index is 1250. The summed E-state index contributed by atoms with van der Waals surface area (Å²) in [6.45, 7) is 3.28. The van der Waals surface area contributed by atoms with E-state index in [-0.39, 0.29) is 12.0 Å². The van der Waals surface area contributed by atoms with Crippen molar-refractivity contribution in [1.29, 1.82) is 0 Å². The van der Waals surface area contributed by atoms with Crippen molar-refractivity contribution < 1.29 is 19.1 Å². The number of hydrogen-bond donors (Lipinski definition) is 3. The summed E-state index contributed by atoms with van der Waals surface area (Å²) in [5, 5.41) is 3.84. The number of nitrogens with one attached hydrogen (secondary N) is 2. The minimum atomic E-state index is -0.513. The number of H-pyrrole nitrogens is 1. The summed E-state index contributed by atoms with van der Waals surface area (Å²) >= 11 is 0. The summed E-state index contributed by atoms with van der Waals surface area (Å²) in [6, 6.07) is 15.5. The number of primary amides is 1. The van der Waals surface area contributed by atoms with Gasteiger partial charge in [-0.05, 0) is 43.2 Å². The van der Waals surface area contributed by atoms with E-state index in [0.29, 0.717) is 37.0 Å². The third-order valence-corrected chi connectivity index (χ3v) is 7.24. The lowest BCUT2D eigenvalue weighted by Crippen LogP contribution is -2.57. The van der Waals surface area contributed by atoms with Gasteiger partial charge in [-0.15, -0.1) is 0 Å². The fourth-order valence-corrected chi connectivity index (χ4v) is 5.42. The number of fused-ring (bicyclic) bond motifs is 3. The van der Waals surface area contributed by atoms with Gasteiger partial charge in [0.25, 0.3) is 5.91 Å². The number of nitrogens with two attached hydrogens (primary N) is 1. The molecule has 0 aliphatic carbocycles. The normalized spacial score (nSPS) is 21.7. The SMILES string of the molecule is NC(=O)c1cc2c3c(ccc2[nH]1)OCC(CN1CCC2(CC1)C(=O)NCN2c1ccccc1)O3. The van der Waals surface area contributed by atoms with Crippen molar-refractivity contribution in [3.63, 3.8) is 0 Å². The van der Waals surface area contributed by atoms with Crippen LogP contribution in [-0.4, -0.2) is 66.3 Å². The molecule has 6 rings (SSSR count). The van der Waals surface area contributed by atoms with Gasteiger partial charge in [-0.2, -0.15) is 0 Å². The van der Waals surface area contributed by atoms with Crippen LogP contribution < -0.4 is 25.4 Å². The van der Waals surface area contributed by atoms with E-state index in [1.807, 2.05) is 30.3 Å². The van der Waals surface area contributed by atoms with Gasteiger partial charge in [0.2, 0.25) is 5.91 Å². The molecule has 1 atom stereocenters. The second-order valence-electron chi connectivity index (χ2n) is 9.21. The fourth-order valence-electron chi connectivity index (χ4n) is 5.42. The second-order valence-corrected chi connectivity index (χ2v) is 9.21. The van der Waals surface area contributed by atoms with Gasteiger partial charge in [0, 0.05) is 30.7 Å². The zero-order valence-electron chi connectivity index (χ0n) is 18.8. The van der Waals surface area contributed by atoms with E-state index in [9.17, 15) is 9.59 Å². The number of benzene rings is 2. The average molecular weight is 462 g/mol. The lowest BCUT2D eigenvalue weighted by Gasteiger charge is -2.44. The van der Waals surface area contributed by atoms with E-state index in [1.165, 1.54) is 0 Å². The third-order valence-electron chi connectivity index (χ3n) is 7.24. The molecule has 0 radical (unpaired) electrons. The highest BCUT2D eigenvalue weighted by Gasteiger charge is 2.50. The van der Waals surface area contributed by atoms with Gasteiger partial charge in [-0.25, -0.2) is 0 Å². The van der Waals surface area contributed by atoms with Gasteiger partial charge in [0.15, 0.2) is 11.5 Å². The Morgan fingerprint density at radius 3 is 2.71 bits per heavy atom. The highest BCUT2D eigenvalue weighted by atomic mass is 16.6. The predicted octanol–water partition coefficient (Wildman–Crippen LogP) is 1.84. The second kappa shape index (κ2) is 7.95. The Labute approximate surface area is 196 Å². The maximum Gasteiger partial charge on any atom is 0.265 e. The molecule has 1 aromatic heterocycles. The molecule has 9 nitrogen and oxygen atoms in total. The first kappa shape index (κ1) is 20.9. The monoisotopic (exact) mass is 461 g/mol. The molecule has 0 saturated carbocycles. The standard InChI is InChI=1S/C25H27N5O4/c26-23(31)20-12-18-19(28-20)6-7-21-22(18)34-17(14-33-21)13-29-10-8-25(9-11-29)24(32)27-15-30(25)16-4-2-1-3-5-16/h1-7,12,17,28H,8-11,13-15H2,(H2,26,31)(H,27,32). The molecule has 3 aromatic rings. The fraction of sp³-hybridized carbons (Fsp3) is 0.360. The zero-order valence-corrected chi connectivity index (χ0v) is 18.8. The minimum absolute atomic E-state index is 0.113. The van der Waals surface area contributed by atoms with Crippen LogP contribution in [0.25, 0.3) is 10.9 Å². The van der Waals surface area contributed by atoms with Gasteiger partial charge >= 0.3 is 0 Å². The number of rotatable bonds is 4.